The second-order valence-electron chi connectivity index (χ2n) is 16.3. The highest BCUT2D eigenvalue weighted by molar-refractivity contribution is 5.73. The molecule has 0 aliphatic rings. The molecule has 6 aromatic rings. The van der Waals surface area contributed by atoms with Crippen LogP contribution in [0.1, 0.15) is 126 Å². The fourth-order valence-corrected chi connectivity index (χ4v) is 8.28. The van der Waals surface area contributed by atoms with Crippen LogP contribution in [0, 0.1) is 23.3 Å². The first-order valence-corrected chi connectivity index (χ1v) is 22.1. The third kappa shape index (κ3) is 11.4. The molecule has 308 valence electrons. The minimum absolute atomic E-state index is 0.266. The van der Waals surface area contributed by atoms with Crippen molar-refractivity contribution >= 4 is 0 Å². The summed E-state index contributed by atoms with van der Waals surface area (Å²) >= 11 is 0. The van der Waals surface area contributed by atoms with Gasteiger partial charge in [0.2, 0.25) is 0 Å². The molecule has 0 saturated heterocycles. The third-order valence-electron chi connectivity index (χ3n) is 12.0. The Morgan fingerprint density at radius 1 is 0.322 bits per heavy atom. The lowest BCUT2D eigenvalue weighted by Crippen LogP contribution is -2.01. The highest BCUT2D eigenvalue weighted by Crippen LogP contribution is 2.35. The van der Waals surface area contributed by atoms with Gasteiger partial charge < -0.3 is 0 Å². The van der Waals surface area contributed by atoms with Crippen LogP contribution in [0.3, 0.4) is 0 Å². The predicted octanol–water partition coefficient (Wildman–Crippen LogP) is 17.1. The zero-order valence-electron chi connectivity index (χ0n) is 35.2. The number of rotatable bonds is 21. The predicted molar refractivity (Wildman–Crippen MR) is 241 cm³/mol. The van der Waals surface area contributed by atoms with Crippen LogP contribution in [0.25, 0.3) is 44.5 Å². The SMILES string of the molecule is CCCCCc1ccc(-c2ccc(-c3ccc(CCCCC(CCCC)c4ccc(-c5ccc(-c6ccc(CCCCC)cc6)c(F)c5F)cc4)cc3)c(F)c2F)cc1. The van der Waals surface area contributed by atoms with Crippen molar-refractivity contribution in [2.75, 3.05) is 0 Å². The van der Waals surface area contributed by atoms with E-state index >= 15 is 17.6 Å². The molecule has 0 aromatic heterocycles. The number of benzene rings is 6. The van der Waals surface area contributed by atoms with Crippen LogP contribution in [0.15, 0.2) is 121 Å². The van der Waals surface area contributed by atoms with E-state index in [1.54, 1.807) is 24.3 Å². The van der Waals surface area contributed by atoms with Gasteiger partial charge >= 0.3 is 0 Å². The molecule has 0 N–H and O–H groups in total. The summed E-state index contributed by atoms with van der Waals surface area (Å²) in [6.45, 7) is 6.57. The van der Waals surface area contributed by atoms with Crippen molar-refractivity contribution in [3.63, 3.8) is 0 Å². The average molecular weight is 797 g/mol. The second kappa shape index (κ2) is 21.9. The lowest BCUT2D eigenvalue weighted by Gasteiger charge is -2.18. The number of aryl methyl sites for hydroxylation is 3. The summed E-state index contributed by atoms with van der Waals surface area (Å²) < 4.78 is 61.8. The van der Waals surface area contributed by atoms with Crippen LogP contribution in [-0.2, 0) is 19.3 Å². The van der Waals surface area contributed by atoms with Gasteiger partial charge in [-0.05, 0) is 102 Å². The Balaban J connectivity index is 1.04. The van der Waals surface area contributed by atoms with Crippen molar-refractivity contribution < 1.29 is 17.6 Å². The maximum Gasteiger partial charge on any atom is 0.167 e. The molecule has 0 fully saturated rings. The minimum atomic E-state index is -0.821. The largest absolute Gasteiger partial charge is 0.203 e. The molecule has 6 aromatic carbocycles. The molecule has 0 heterocycles. The quantitative estimate of drug-likeness (QED) is 0.0503. The highest BCUT2D eigenvalue weighted by atomic mass is 19.2. The summed E-state index contributed by atoms with van der Waals surface area (Å²) in [4.78, 5) is 0. The summed E-state index contributed by atoms with van der Waals surface area (Å²) in [5.41, 5.74) is 8.61. The molecule has 0 aliphatic carbocycles. The van der Waals surface area contributed by atoms with Gasteiger partial charge in [-0.25, -0.2) is 17.6 Å². The average Bonchev–Trinajstić information content (AvgIpc) is 3.26. The van der Waals surface area contributed by atoms with Crippen molar-refractivity contribution in [1.29, 1.82) is 0 Å². The van der Waals surface area contributed by atoms with Crippen LogP contribution < -0.4 is 0 Å². The first-order valence-electron chi connectivity index (χ1n) is 22.1. The first kappa shape index (κ1) is 43.6. The fourth-order valence-electron chi connectivity index (χ4n) is 8.28. The molecule has 0 aliphatic heterocycles. The minimum Gasteiger partial charge on any atom is -0.203 e. The molecule has 0 nitrogen and oxygen atoms in total. The van der Waals surface area contributed by atoms with E-state index in [1.807, 2.05) is 84.9 Å². The van der Waals surface area contributed by atoms with Crippen LogP contribution in [-0.4, -0.2) is 0 Å². The van der Waals surface area contributed by atoms with Crippen LogP contribution in [0.4, 0.5) is 17.6 Å². The topological polar surface area (TPSA) is 0 Å². The van der Waals surface area contributed by atoms with Gasteiger partial charge in [0.25, 0.3) is 0 Å². The van der Waals surface area contributed by atoms with Crippen molar-refractivity contribution in [1.82, 2.24) is 0 Å². The zero-order valence-corrected chi connectivity index (χ0v) is 35.2. The van der Waals surface area contributed by atoms with Crippen molar-refractivity contribution in [2.24, 2.45) is 0 Å². The number of unbranched alkanes of at least 4 members (excludes halogenated alkanes) is 6. The molecule has 6 rings (SSSR count). The standard InChI is InChI=1S/C55H60F4/c1-4-7-10-14-39-19-25-44(26-20-39)48-35-36-49(53(57)52(48)56)46-29-23-41(24-30-46)16-12-13-18-42(17-9-6-3)43-31-33-47(34-32-43)51-38-37-50(54(58)55(51)59)45-27-21-40(22-28-45)15-11-8-5-2/h19-38,42H,4-18H2,1-3H3. The Labute approximate surface area is 350 Å². The van der Waals surface area contributed by atoms with Crippen molar-refractivity contribution in [2.45, 2.75) is 123 Å². The maximum atomic E-state index is 15.5. The third-order valence-corrected chi connectivity index (χ3v) is 12.0. The van der Waals surface area contributed by atoms with E-state index in [-0.39, 0.29) is 22.3 Å². The fraction of sp³-hybridized carbons (Fsp3) is 0.345. The summed E-state index contributed by atoms with van der Waals surface area (Å²) in [5.74, 6) is -2.89. The van der Waals surface area contributed by atoms with E-state index in [2.05, 4.69) is 32.9 Å². The van der Waals surface area contributed by atoms with Crippen molar-refractivity contribution in [3.8, 4) is 44.5 Å². The molecule has 0 amide bonds. The van der Waals surface area contributed by atoms with Gasteiger partial charge in [0.15, 0.2) is 23.3 Å². The monoisotopic (exact) mass is 796 g/mol. The van der Waals surface area contributed by atoms with Gasteiger partial charge in [-0.1, -0.05) is 187 Å². The molecule has 1 atom stereocenters. The van der Waals surface area contributed by atoms with E-state index in [4.69, 9.17) is 0 Å². The molecular formula is C55H60F4. The van der Waals surface area contributed by atoms with Gasteiger partial charge in [0.05, 0.1) is 0 Å². The van der Waals surface area contributed by atoms with E-state index in [0.717, 1.165) is 70.6 Å². The normalized spacial score (nSPS) is 11.9. The van der Waals surface area contributed by atoms with Gasteiger partial charge in [0, 0.05) is 22.3 Å². The molecule has 0 bridgehead atoms. The molecule has 0 saturated carbocycles. The van der Waals surface area contributed by atoms with E-state index in [1.165, 1.54) is 47.9 Å². The van der Waals surface area contributed by atoms with Crippen LogP contribution in [0.2, 0.25) is 0 Å². The van der Waals surface area contributed by atoms with E-state index < -0.39 is 23.3 Å². The van der Waals surface area contributed by atoms with Crippen molar-refractivity contribution in [3.05, 3.63) is 167 Å². The zero-order chi connectivity index (χ0) is 41.6. The maximum absolute atomic E-state index is 15.5. The molecule has 59 heavy (non-hydrogen) atoms. The summed E-state index contributed by atoms with van der Waals surface area (Å²) in [7, 11) is 0. The van der Waals surface area contributed by atoms with Gasteiger partial charge in [-0.2, -0.15) is 0 Å². The number of halogens is 4. The Hall–Kier alpha value is -4.96. The van der Waals surface area contributed by atoms with Gasteiger partial charge in [-0.3, -0.25) is 0 Å². The molecule has 0 radical (unpaired) electrons. The van der Waals surface area contributed by atoms with E-state index in [0.29, 0.717) is 28.2 Å². The summed E-state index contributed by atoms with van der Waals surface area (Å²) in [5, 5.41) is 0. The second-order valence-corrected chi connectivity index (χ2v) is 16.3. The van der Waals surface area contributed by atoms with Gasteiger partial charge in [-0.15, -0.1) is 0 Å². The molecule has 1 unspecified atom stereocenters. The number of hydrogen-bond acceptors (Lipinski definition) is 0. The summed E-state index contributed by atoms with van der Waals surface area (Å²) in [6.07, 6.45) is 16.2. The smallest absolute Gasteiger partial charge is 0.167 e. The lowest BCUT2D eigenvalue weighted by atomic mass is 9.87. The molecule has 4 heteroatoms. The van der Waals surface area contributed by atoms with Gasteiger partial charge in [0.1, 0.15) is 0 Å². The molecule has 0 spiro atoms. The Morgan fingerprint density at radius 2 is 0.610 bits per heavy atom. The van der Waals surface area contributed by atoms with Crippen LogP contribution >= 0.6 is 0 Å². The highest BCUT2D eigenvalue weighted by Gasteiger charge is 2.19. The van der Waals surface area contributed by atoms with Crippen LogP contribution in [0.5, 0.6) is 0 Å². The summed E-state index contributed by atoms with van der Waals surface area (Å²) in [6, 6.07) is 38.2. The van der Waals surface area contributed by atoms with E-state index in [9.17, 15) is 0 Å². The Kier molecular flexibility index (Phi) is 16.2. The molecular weight excluding hydrogens is 737 g/mol. The lowest BCUT2D eigenvalue weighted by molar-refractivity contribution is 0.513. The Bertz CT molecular complexity index is 2200. The first-order chi connectivity index (χ1) is 28.8. The number of hydrogen-bond donors (Lipinski definition) is 0. The Morgan fingerprint density at radius 3 is 0.932 bits per heavy atom.